The number of ether oxygens (including phenoxy) is 1. The molecule has 0 unspecified atom stereocenters. The van der Waals surface area contributed by atoms with Gasteiger partial charge in [0.25, 0.3) is 0 Å². The molecule has 5 heteroatoms. The van der Waals surface area contributed by atoms with Crippen LogP contribution in [0.25, 0.3) is 0 Å². The Morgan fingerprint density at radius 1 is 1.20 bits per heavy atom. The summed E-state index contributed by atoms with van der Waals surface area (Å²) in [5.74, 6) is 0. The summed E-state index contributed by atoms with van der Waals surface area (Å²) in [6.45, 7) is 6.66. The first-order valence-electron chi connectivity index (χ1n) is 7.14. The van der Waals surface area contributed by atoms with Crippen LogP contribution in [-0.4, -0.2) is 55.8 Å². The highest BCUT2D eigenvalue weighted by Gasteiger charge is 2.13. The van der Waals surface area contributed by atoms with E-state index in [1.165, 1.54) is 5.69 Å². The number of hydrogen-bond acceptors (Lipinski definition) is 4. The van der Waals surface area contributed by atoms with Crippen LogP contribution in [0, 0.1) is 0 Å². The second-order valence-corrected chi connectivity index (χ2v) is 5.52. The van der Waals surface area contributed by atoms with Gasteiger partial charge in [-0.2, -0.15) is 0 Å². The monoisotopic (exact) mass is 293 g/mol. The van der Waals surface area contributed by atoms with E-state index in [2.05, 4.69) is 34.1 Å². The largest absolute Gasteiger partial charge is 0.393 e. The van der Waals surface area contributed by atoms with E-state index >= 15 is 0 Å². The van der Waals surface area contributed by atoms with Crippen molar-refractivity contribution >= 4 is 22.9 Å². The summed E-state index contributed by atoms with van der Waals surface area (Å²) >= 11 is 5.00. The van der Waals surface area contributed by atoms with Gasteiger partial charge in [0.1, 0.15) is 0 Å². The average molecular weight is 293 g/mol. The lowest BCUT2D eigenvalue weighted by Gasteiger charge is -2.31. The molecule has 1 aromatic carbocycles. The smallest absolute Gasteiger partial charge is 0.0745 e. The zero-order valence-electron chi connectivity index (χ0n) is 11.8. The first kappa shape index (κ1) is 15.2. The maximum Gasteiger partial charge on any atom is 0.0745 e. The van der Waals surface area contributed by atoms with Gasteiger partial charge in [-0.05, 0) is 12.1 Å². The van der Waals surface area contributed by atoms with E-state index in [9.17, 15) is 0 Å². The predicted octanol–water partition coefficient (Wildman–Crippen LogP) is 1.50. The molecule has 1 heterocycles. The Bertz CT molecular complexity index is 407. The molecule has 0 aliphatic carbocycles. The van der Waals surface area contributed by atoms with Crippen LogP contribution in [0.4, 0.5) is 5.69 Å². The Balaban J connectivity index is 1.89. The van der Waals surface area contributed by atoms with Crippen LogP contribution in [0.15, 0.2) is 30.3 Å². The van der Waals surface area contributed by atoms with Gasteiger partial charge in [-0.3, -0.25) is 4.90 Å². The van der Waals surface area contributed by atoms with Crippen molar-refractivity contribution in [3.63, 3.8) is 0 Å². The quantitative estimate of drug-likeness (QED) is 0.772. The number of nitrogens with zero attached hydrogens (tertiary/aromatic N) is 2. The van der Waals surface area contributed by atoms with E-state index < -0.39 is 0 Å². The Hall–Kier alpha value is -1.17. The van der Waals surface area contributed by atoms with Crippen molar-refractivity contribution in [2.75, 3.05) is 50.8 Å². The summed E-state index contributed by atoms with van der Waals surface area (Å²) in [5.41, 5.74) is 6.87. The summed E-state index contributed by atoms with van der Waals surface area (Å²) in [4.78, 5) is 5.38. The maximum absolute atomic E-state index is 5.64. The Morgan fingerprint density at radius 3 is 2.55 bits per heavy atom. The van der Waals surface area contributed by atoms with Gasteiger partial charge in [-0.25, -0.2) is 0 Å². The molecule has 1 saturated heterocycles. The highest BCUT2D eigenvalue weighted by Crippen LogP contribution is 2.13. The van der Waals surface area contributed by atoms with E-state index in [1.807, 2.05) is 6.07 Å². The molecule has 1 aliphatic heterocycles. The molecule has 0 radical (unpaired) electrons. The second-order valence-electron chi connectivity index (χ2n) is 4.99. The minimum atomic E-state index is 0.581. The van der Waals surface area contributed by atoms with E-state index in [0.29, 0.717) is 4.99 Å². The fourth-order valence-electron chi connectivity index (χ4n) is 2.34. The number of nitrogens with two attached hydrogens (primary N) is 1. The zero-order chi connectivity index (χ0) is 14.2. The van der Waals surface area contributed by atoms with Crippen LogP contribution in [0.5, 0.6) is 0 Å². The standard InChI is InChI=1S/C15H23N3OS/c16-15(20)6-7-18(14-4-2-1-3-5-14)9-8-17-10-12-19-13-11-17/h1-5H,6-13H2,(H2,16,20). The summed E-state index contributed by atoms with van der Waals surface area (Å²) in [6, 6.07) is 10.4. The fourth-order valence-corrected chi connectivity index (χ4v) is 2.43. The van der Waals surface area contributed by atoms with E-state index in [4.69, 9.17) is 22.7 Å². The lowest BCUT2D eigenvalue weighted by Crippen LogP contribution is -2.42. The SMILES string of the molecule is NC(=S)CCN(CCN1CCOCC1)c1ccccc1. The van der Waals surface area contributed by atoms with Gasteiger partial charge in [0, 0.05) is 44.8 Å². The summed E-state index contributed by atoms with van der Waals surface area (Å²) < 4.78 is 5.38. The van der Waals surface area contributed by atoms with Gasteiger partial charge >= 0.3 is 0 Å². The molecule has 0 amide bonds. The van der Waals surface area contributed by atoms with Crippen molar-refractivity contribution in [2.24, 2.45) is 5.73 Å². The molecule has 4 nitrogen and oxygen atoms in total. The third-order valence-corrected chi connectivity index (χ3v) is 3.74. The van der Waals surface area contributed by atoms with Crippen LogP contribution in [0.3, 0.4) is 0 Å². The van der Waals surface area contributed by atoms with Gasteiger partial charge in [-0.15, -0.1) is 0 Å². The van der Waals surface area contributed by atoms with Crippen molar-refractivity contribution in [3.8, 4) is 0 Å². The second kappa shape index (κ2) is 8.19. The molecule has 0 saturated carbocycles. The van der Waals surface area contributed by atoms with Gasteiger partial charge in [0.15, 0.2) is 0 Å². The van der Waals surface area contributed by atoms with E-state index in [-0.39, 0.29) is 0 Å². The van der Waals surface area contributed by atoms with Gasteiger partial charge < -0.3 is 15.4 Å². The third kappa shape index (κ3) is 5.07. The van der Waals surface area contributed by atoms with E-state index in [0.717, 1.165) is 52.4 Å². The van der Waals surface area contributed by atoms with Crippen molar-refractivity contribution in [1.82, 2.24) is 4.90 Å². The first-order chi connectivity index (χ1) is 9.75. The molecular formula is C15H23N3OS. The molecule has 2 rings (SSSR count). The molecule has 20 heavy (non-hydrogen) atoms. The van der Waals surface area contributed by atoms with Gasteiger partial charge in [0.05, 0.1) is 18.2 Å². The molecule has 110 valence electrons. The summed E-state index contributed by atoms with van der Waals surface area (Å²) in [7, 11) is 0. The Morgan fingerprint density at radius 2 is 1.90 bits per heavy atom. The van der Waals surface area contributed by atoms with Crippen molar-refractivity contribution in [1.29, 1.82) is 0 Å². The summed E-state index contributed by atoms with van der Waals surface area (Å²) in [5, 5.41) is 0. The maximum atomic E-state index is 5.64. The van der Waals surface area contributed by atoms with Crippen molar-refractivity contribution in [2.45, 2.75) is 6.42 Å². The fraction of sp³-hybridized carbons (Fsp3) is 0.533. The van der Waals surface area contributed by atoms with E-state index in [1.54, 1.807) is 0 Å². The molecule has 0 spiro atoms. The summed E-state index contributed by atoms with van der Waals surface area (Å²) in [6.07, 6.45) is 0.757. The number of rotatable bonds is 7. The molecule has 0 aromatic heterocycles. The highest BCUT2D eigenvalue weighted by molar-refractivity contribution is 7.80. The van der Waals surface area contributed by atoms with Gasteiger partial charge in [0.2, 0.25) is 0 Å². The minimum Gasteiger partial charge on any atom is -0.393 e. The van der Waals surface area contributed by atoms with Crippen LogP contribution in [-0.2, 0) is 4.74 Å². The zero-order valence-corrected chi connectivity index (χ0v) is 12.6. The molecule has 2 N–H and O–H groups in total. The number of thiocarbonyl (C=S) groups is 1. The van der Waals surface area contributed by atoms with Crippen LogP contribution >= 0.6 is 12.2 Å². The van der Waals surface area contributed by atoms with Crippen LogP contribution in [0.1, 0.15) is 6.42 Å². The Kier molecular flexibility index (Phi) is 6.24. The Labute approximate surface area is 126 Å². The number of anilines is 1. The average Bonchev–Trinajstić information content (AvgIpc) is 2.49. The van der Waals surface area contributed by atoms with Crippen LogP contribution < -0.4 is 10.6 Å². The number of hydrogen-bond donors (Lipinski definition) is 1. The number of para-hydroxylation sites is 1. The predicted molar refractivity (Wildman–Crippen MR) is 87.3 cm³/mol. The molecule has 0 atom stereocenters. The third-order valence-electron chi connectivity index (χ3n) is 3.54. The molecule has 1 aromatic rings. The molecule has 0 bridgehead atoms. The first-order valence-corrected chi connectivity index (χ1v) is 7.55. The highest BCUT2D eigenvalue weighted by atomic mass is 32.1. The molecule has 1 fully saturated rings. The number of benzene rings is 1. The number of morpholine rings is 1. The van der Waals surface area contributed by atoms with Crippen molar-refractivity contribution in [3.05, 3.63) is 30.3 Å². The van der Waals surface area contributed by atoms with Crippen molar-refractivity contribution < 1.29 is 4.74 Å². The van der Waals surface area contributed by atoms with Crippen LogP contribution in [0.2, 0.25) is 0 Å². The molecule has 1 aliphatic rings. The lowest BCUT2D eigenvalue weighted by molar-refractivity contribution is 0.0392. The molecular weight excluding hydrogens is 270 g/mol. The topological polar surface area (TPSA) is 41.7 Å². The normalized spacial score (nSPS) is 16.0. The minimum absolute atomic E-state index is 0.581. The lowest BCUT2D eigenvalue weighted by atomic mass is 10.2. The van der Waals surface area contributed by atoms with Gasteiger partial charge in [-0.1, -0.05) is 30.4 Å².